The third-order valence-electron chi connectivity index (χ3n) is 7.30. The number of nitrogen functional groups attached to an aromatic ring is 1. The summed E-state index contributed by atoms with van der Waals surface area (Å²) in [7, 11) is 0. The minimum Gasteiger partial charge on any atom is -0.383 e. The minimum absolute atomic E-state index is 0.426. The molecule has 5 heterocycles. The second kappa shape index (κ2) is 9.51. The van der Waals surface area contributed by atoms with Crippen molar-refractivity contribution in [1.29, 1.82) is 0 Å². The maximum atomic E-state index is 6.26. The van der Waals surface area contributed by atoms with Crippen LogP contribution in [-0.4, -0.2) is 45.6 Å². The first kappa shape index (κ1) is 22.4. The average Bonchev–Trinajstić information content (AvgIpc) is 3.43. The van der Waals surface area contributed by atoms with E-state index in [0.29, 0.717) is 23.4 Å². The third kappa shape index (κ3) is 4.36. The molecule has 2 unspecified atom stereocenters. The topological polar surface area (TPSA) is 92.8 Å². The Morgan fingerprint density at radius 2 is 1.94 bits per heavy atom. The average molecular weight is 530 g/mol. The van der Waals surface area contributed by atoms with Crippen LogP contribution in [0.4, 0.5) is 11.6 Å². The van der Waals surface area contributed by atoms with Crippen molar-refractivity contribution in [3.8, 4) is 22.4 Å². The van der Waals surface area contributed by atoms with Crippen molar-refractivity contribution >= 4 is 38.6 Å². The lowest BCUT2D eigenvalue weighted by molar-refractivity contribution is 0.353. The summed E-state index contributed by atoms with van der Waals surface area (Å²) in [6.07, 6.45) is 8.44. The smallest absolute Gasteiger partial charge is 0.165 e. The van der Waals surface area contributed by atoms with E-state index in [1.54, 1.807) is 0 Å². The highest BCUT2D eigenvalue weighted by Gasteiger charge is 2.32. The van der Waals surface area contributed by atoms with Crippen molar-refractivity contribution < 1.29 is 0 Å². The zero-order valence-corrected chi connectivity index (χ0v) is 21.1. The van der Waals surface area contributed by atoms with Gasteiger partial charge in [0.15, 0.2) is 5.65 Å². The van der Waals surface area contributed by atoms with E-state index in [0.717, 1.165) is 57.7 Å². The highest BCUT2D eigenvalue weighted by molar-refractivity contribution is 9.10. The fourth-order valence-corrected chi connectivity index (χ4v) is 5.96. The van der Waals surface area contributed by atoms with E-state index in [2.05, 4.69) is 66.4 Å². The number of rotatable bonds is 4. The number of hydrogen-bond donors (Lipinski definition) is 2. The van der Waals surface area contributed by atoms with Crippen LogP contribution >= 0.6 is 15.9 Å². The first-order valence-electron chi connectivity index (χ1n) is 12.3. The fraction of sp³-hybridized carbons (Fsp3) is 0.333. The van der Waals surface area contributed by atoms with Crippen LogP contribution in [0, 0.1) is 5.92 Å². The van der Waals surface area contributed by atoms with Crippen molar-refractivity contribution in [2.75, 3.05) is 30.3 Å². The van der Waals surface area contributed by atoms with Gasteiger partial charge in [0.25, 0.3) is 0 Å². The van der Waals surface area contributed by atoms with Crippen molar-refractivity contribution in [3.05, 3.63) is 59.5 Å². The molecule has 1 aromatic carbocycles. The summed E-state index contributed by atoms with van der Waals surface area (Å²) in [4.78, 5) is 20.9. The molecule has 2 aliphatic heterocycles. The van der Waals surface area contributed by atoms with Crippen molar-refractivity contribution in [2.45, 2.75) is 31.7 Å². The summed E-state index contributed by atoms with van der Waals surface area (Å²) in [6.45, 7) is 3.32. The van der Waals surface area contributed by atoms with Gasteiger partial charge >= 0.3 is 0 Å². The van der Waals surface area contributed by atoms with Gasteiger partial charge in [0.05, 0.1) is 11.1 Å². The fourth-order valence-electron chi connectivity index (χ4n) is 5.56. The molecule has 7 nitrogen and oxygen atoms in total. The van der Waals surface area contributed by atoms with Crippen molar-refractivity contribution in [1.82, 2.24) is 25.3 Å². The Labute approximate surface area is 213 Å². The number of fused-ring (bicyclic) bond motifs is 1. The van der Waals surface area contributed by atoms with Gasteiger partial charge in [-0.15, -0.1) is 0 Å². The van der Waals surface area contributed by atoms with E-state index in [9.17, 15) is 0 Å². The standard InChI is InChI=1S/C27H28BrN7/c28-20-5-3-4-17(12-20)21-13-22(34-27-25(21)26(29)32-16-33-27)18-7-8-24(31-15-18)35-11-2-1-6-23(35)19-9-10-30-14-19/h3-5,7-8,12-13,15-16,19,23,30H,1-2,6,9-11,14H2,(H2,29,32,33,34). The quantitative estimate of drug-likeness (QED) is 0.381. The zero-order chi connectivity index (χ0) is 23.8. The van der Waals surface area contributed by atoms with E-state index < -0.39 is 0 Å². The maximum Gasteiger partial charge on any atom is 0.165 e. The number of piperidine rings is 1. The highest BCUT2D eigenvalue weighted by Crippen LogP contribution is 2.35. The molecule has 178 valence electrons. The predicted octanol–water partition coefficient (Wildman–Crippen LogP) is 5.07. The van der Waals surface area contributed by atoms with Gasteiger partial charge in [0.2, 0.25) is 0 Å². The lowest BCUT2D eigenvalue weighted by atomic mass is 9.89. The molecule has 4 aromatic rings. The number of pyridine rings is 2. The molecule has 8 heteroatoms. The second-order valence-corrected chi connectivity index (χ2v) is 10.4. The van der Waals surface area contributed by atoms with Crippen LogP contribution in [-0.2, 0) is 0 Å². The molecule has 0 spiro atoms. The van der Waals surface area contributed by atoms with Crippen LogP contribution in [0.15, 0.2) is 59.5 Å². The van der Waals surface area contributed by atoms with Gasteiger partial charge in [-0.2, -0.15) is 0 Å². The molecule has 3 aromatic heterocycles. The van der Waals surface area contributed by atoms with Gasteiger partial charge in [-0.05, 0) is 86.1 Å². The summed E-state index contributed by atoms with van der Waals surface area (Å²) in [6, 6.07) is 15.1. The molecule has 35 heavy (non-hydrogen) atoms. The Kier molecular flexibility index (Phi) is 6.08. The SMILES string of the molecule is Nc1ncnc2nc(-c3ccc(N4CCCCC4C4CCNC4)nc3)cc(-c3cccc(Br)c3)c12. The summed E-state index contributed by atoms with van der Waals surface area (Å²) in [5.74, 6) is 2.19. The Morgan fingerprint density at radius 1 is 1.00 bits per heavy atom. The van der Waals surface area contributed by atoms with Gasteiger partial charge in [-0.3, -0.25) is 0 Å². The van der Waals surface area contributed by atoms with Gasteiger partial charge in [-0.1, -0.05) is 28.1 Å². The summed E-state index contributed by atoms with van der Waals surface area (Å²) in [5.41, 5.74) is 10.6. The molecule has 2 aliphatic rings. The molecule has 3 N–H and O–H groups in total. The van der Waals surface area contributed by atoms with Crippen LogP contribution in [0.25, 0.3) is 33.4 Å². The van der Waals surface area contributed by atoms with Gasteiger partial charge in [-0.25, -0.2) is 19.9 Å². The minimum atomic E-state index is 0.426. The molecule has 0 saturated carbocycles. The van der Waals surface area contributed by atoms with Crippen LogP contribution in [0.2, 0.25) is 0 Å². The molecule has 0 amide bonds. The highest BCUT2D eigenvalue weighted by atomic mass is 79.9. The summed E-state index contributed by atoms with van der Waals surface area (Å²) >= 11 is 3.58. The molecule has 2 saturated heterocycles. The Hall–Kier alpha value is -3.10. The monoisotopic (exact) mass is 529 g/mol. The number of nitrogens with one attached hydrogen (secondary N) is 1. The molecule has 2 fully saturated rings. The number of hydrogen-bond acceptors (Lipinski definition) is 7. The molecule has 0 aliphatic carbocycles. The Morgan fingerprint density at radius 3 is 2.74 bits per heavy atom. The van der Waals surface area contributed by atoms with Crippen LogP contribution < -0.4 is 16.0 Å². The van der Waals surface area contributed by atoms with E-state index in [-0.39, 0.29) is 0 Å². The molecule has 0 radical (unpaired) electrons. The number of halogens is 1. The number of anilines is 2. The normalized spacial score (nSPS) is 20.4. The molecular formula is C27H28BrN7. The van der Waals surface area contributed by atoms with Crippen molar-refractivity contribution in [2.24, 2.45) is 5.92 Å². The number of nitrogens with two attached hydrogens (primary N) is 1. The van der Waals surface area contributed by atoms with Gasteiger partial charge in [0, 0.05) is 28.8 Å². The largest absolute Gasteiger partial charge is 0.383 e. The van der Waals surface area contributed by atoms with Gasteiger partial charge < -0.3 is 16.0 Å². The predicted molar refractivity (Wildman–Crippen MR) is 144 cm³/mol. The molecular weight excluding hydrogens is 502 g/mol. The second-order valence-electron chi connectivity index (χ2n) is 9.44. The van der Waals surface area contributed by atoms with E-state index in [4.69, 9.17) is 15.7 Å². The number of benzene rings is 1. The Bertz CT molecular complexity index is 1350. The molecule has 6 rings (SSSR count). The molecule has 0 bridgehead atoms. The Balaban J connectivity index is 1.38. The molecule has 2 atom stereocenters. The number of aromatic nitrogens is 4. The van der Waals surface area contributed by atoms with E-state index in [1.165, 1.54) is 32.0 Å². The van der Waals surface area contributed by atoms with Gasteiger partial charge in [0.1, 0.15) is 18.0 Å². The lowest BCUT2D eigenvalue weighted by Gasteiger charge is -2.40. The number of nitrogens with zero attached hydrogens (tertiary/aromatic N) is 5. The first-order chi connectivity index (χ1) is 17.2. The summed E-state index contributed by atoms with van der Waals surface area (Å²) in [5, 5.41) is 4.30. The van der Waals surface area contributed by atoms with Crippen LogP contribution in [0.1, 0.15) is 25.7 Å². The third-order valence-corrected chi connectivity index (χ3v) is 7.79. The first-order valence-corrected chi connectivity index (χ1v) is 13.1. The van der Waals surface area contributed by atoms with Crippen LogP contribution in [0.5, 0.6) is 0 Å². The van der Waals surface area contributed by atoms with Crippen molar-refractivity contribution in [3.63, 3.8) is 0 Å². The lowest BCUT2D eigenvalue weighted by Crippen LogP contribution is -2.45. The van der Waals surface area contributed by atoms with Crippen LogP contribution in [0.3, 0.4) is 0 Å². The van der Waals surface area contributed by atoms with E-state index >= 15 is 0 Å². The summed E-state index contributed by atoms with van der Waals surface area (Å²) < 4.78 is 0.997. The zero-order valence-electron chi connectivity index (χ0n) is 19.5. The maximum absolute atomic E-state index is 6.26. The van der Waals surface area contributed by atoms with E-state index in [1.807, 2.05) is 18.3 Å².